The lowest BCUT2D eigenvalue weighted by atomic mass is 10.1. The van der Waals surface area contributed by atoms with Crippen LogP contribution in [-0.4, -0.2) is 50.3 Å². The molecule has 2 fully saturated rings. The number of hydrogen-bond donors (Lipinski definition) is 2. The molecule has 2 aliphatic rings. The van der Waals surface area contributed by atoms with Gasteiger partial charge < -0.3 is 29.6 Å². The monoisotopic (exact) mass is 306 g/mol. The molecule has 2 aliphatic heterocycles. The van der Waals surface area contributed by atoms with Gasteiger partial charge in [-0.3, -0.25) is 0 Å². The van der Waals surface area contributed by atoms with Gasteiger partial charge in [0.2, 0.25) is 0 Å². The third kappa shape index (κ3) is 1.92. The Bertz CT molecular complexity index is 716. The van der Waals surface area contributed by atoms with Gasteiger partial charge in [0.25, 0.3) is 0 Å². The number of aliphatic hydroxyl groups excluding tert-OH is 1. The minimum absolute atomic E-state index is 0.132. The highest BCUT2D eigenvalue weighted by molar-refractivity contribution is 5.86. The number of hydrogen-bond acceptors (Lipinski definition) is 7. The van der Waals surface area contributed by atoms with E-state index in [9.17, 15) is 5.11 Å². The standard InChI is InChI=1S/C14H18N4O4/c1-14(2)21-9-8(5-19)20-13(10(9)22-14)18-4-3-7-11(15)16-6-17-12(7)18/h3-4,6,8-10,13,19H,5H2,1-2H3,(H2,15,16,17)/t8-,9-,10-,13-/m1/s1. The van der Waals surface area contributed by atoms with Crippen molar-refractivity contribution in [2.24, 2.45) is 0 Å². The van der Waals surface area contributed by atoms with E-state index in [0.29, 0.717) is 11.5 Å². The highest BCUT2D eigenvalue weighted by atomic mass is 16.8. The molecule has 0 amide bonds. The number of fused-ring (bicyclic) bond motifs is 2. The fourth-order valence-electron chi connectivity index (χ4n) is 3.23. The molecule has 2 aromatic heterocycles. The molecule has 22 heavy (non-hydrogen) atoms. The van der Waals surface area contributed by atoms with Crippen LogP contribution in [0.2, 0.25) is 0 Å². The zero-order valence-electron chi connectivity index (χ0n) is 12.3. The van der Waals surface area contributed by atoms with Gasteiger partial charge in [-0.15, -0.1) is 0 Å². The van der Waals surface area contributed by atoms with Crippen LogP contribution < -0.4 is 5.73 Å². The highest BCUT2D eigenvalue weighted by Gasteiger charge is 2.55. The van der Waals surface area contributed by atoms with Gasteiger partial charge in [0, 0.05) is 6.20 Å². The highest BCUT2D eigenvalue weighted by Crippen LogP contribution is 2.43. The van der Waals surface area contributed by atoms with Crippen molar-refractivity contribution in [3.05, 3.63) is 18.6 Å². The number of nitrogens with two attached hydrogens (primary N) is 1. The number of aromatic nitrogens is 3. The van der Waals surface area contributed by atoms with Crippen molar-refractivity contribution >= 4 is 16.9 Å². The van der Waals surface area contributed by atoms with E-state index in [1.165, 1.54) is 6.33 Å². The van der Waals surface area contributed by atoms with E-state index in [4.69, 9.17) is 19.9 Å². The van der Waals surface area contributed by atoms with Gasteiger partial charge in [0.1, 0.15) is 36.1 Å². The predicted molar refractivity (Wildman–Crippen MR) is 76.8 cm³/mol. The molecule has 2 saturated heterocycles. The summed E-state index contributed by atoms with van der Waals surface area (Å²) in [5, 5.41) is 10.3. The molecule has 118 valence electrons. The Morgan fingerprint density at radius 1 is 1.32 bits per heavy atom. The number of anilines is 1. The molecule has 0 bridgehead atoms. The smallest absolute Gasteiger partial charge is 0.164 e. The number of aliphatic hydroxyl groups is 1. The van der Waals surface area contributed by atoms with Crippen molar-refractivity contribution in [1.82, 2.24) is 14.5 Å². The summed E-state index contributed by atoms with van der Waals surface area (Å²) in [6.07, 6.45) is 1.75. The van der Waals surface area contributed by atoms with Crippen LogP contribution in [0, 0.1) is 0 Å². The van der Waals surface area contributed by atoms with Crippen LogP contribution in [0.4, 0.5) is 5.82 Å². The van der Waals surface area contributed by atoms with Crippen molar-refractivity contribution in [1.29, 1.82) is 0 Å². The molecule has 4 atom stereocenters. The second-order valence-electron chi connectivity index (χ2n) is 6.03. The first kappa shape index (κ1) is 13.9. The largest absolute Gasteiger partial charge is 0.394 e. The molecule has 4 heterocycles. The molecule has 8 nitrogen and oxygen atoms in total. The first-order valence-corrected chi connectivity index (χ1v) is 7.19. The Kier molecular flexibility index (Phi) is 2.92. The first-order valence-electron chi connectivity index (χ1n) is 7.19. The lowest BCUT2D eigenvalue weighted by Crippen LogP contribution is -2.31. The second kappa shape index (κ2) is 4.63. The van der Waals surface area contributed by atoms with Crippen LogP contribution in [0.5, 0.6) is 0 Å². The van der Waals surface area contributed by atoms with Gasteiger partial charge >= 0.3 is 0 Å². The van der Waals surface area contributed by atoms with Gasteiger partial charge in [-0.2, -0.15) is 0 Å². The molecule has 3 N–H and O–H groups in total. The molecule has 0 saturated carbocycles. The van der Waals surface area contributed by atoms with Gasteiger partial charge in [0.15, 0.2) is 12.0 Å². The Balaban J connectivity index is 1.77. The number of ether oxygens (including phenoxy) is 3. The van der Waals surface area contributed by atoms with E-state index in [1.807, 2.05) is 30.7 Å². The Morgan fingerprint density at radius 2 is 2.09 bits per heavy atom. The quantitative estimate of drug-likeness (QED) is 0.828. The Labute approximate surface area is 126 Å². The normalized spacial score (nSPS) is 33.4. The summed E-state index contributed by atoms with van der Waals surface area (Å²) in [5.41, 5.74) is 6.54. The maximum absolute atomic E-state index is 9.54. The lowest BCUT2D eigenvalue weighted by Gasteiger charge is -2.24. The van der Waals surface area contributed by atoms with E-state index in [1.54, 1.807) is 0 Å². The topological polar surface area (TPSA) is 105 Å². The maximum Gasteiger partial charge on any atom is 0.164 e. The number of nitrogens with zero attached hydrogens (tertiary/aromatic N) is 3. The molecule has 0 spiro atoms. The molecule has 4 rings (SSSR count). The van der Waals surface area contributed by atoms with Gasteiger partial charge in [-0.1, -0.05) is 0 Å². The summed E-state index contributed by atoms with van der Waals surface area (Å²) in [6, 6.07) is 1.84. The molecule has 0 aliphatic carbocycles. The SMILES string of the molecule is CC1(C)O[C@@H]2[C@H](O1)[C@@H](CO)O[C@H]2n1ccc2c(N)ncnc21. The molecule has 8 heteroatoms. The van der Waals surface area contributed by atoms with Gasteiger partial charge in [-0.05, 0) is 19.9 Å². The van der Waals surface area contributed by atoms with E-state index < -0.39 is 18.1 Å². The predicted octanol–water partition coefficient (Wildman–Crippen LogP) is 0.423. The summed E-state index contributed by atoms with van der Waals surface area (Å²) in [6.45, 7) is 3.57. The number of rotatable bonds is 2. The minimum Gasteiger partial charge on any atom is -0.394 e. The van der Waals surface area contributed by atoms with Crippen molar-refractivity contribution in [2.45, 2.75) is 44.2 Å². The summed E-state index contributed by atoms with van der Waals surface area (Å²) >= 11 is 0. The van der Waals surface area contributed by atoms with Gasteiger partial charge in [-0.25, -0.2) is 9.97 Å². The molecule has 0 unspecified atom stereocenters. The summed E-state index contributed by atoms with van der Waals surface area (Å²) in [5.74, 6) is -0.289. The average molecular weight is 306 g/mol. The molecule has 0 aromatic carbocycles. The van der Waals surface area contributed by atoms with Crippen molar-refractivity contribution in [2.75, 3.05) is 12.3 Å². The van der Waals surface area contributed by atoms with E-state index in [0.717, 1.165) is 5.39 Å². The van der Waals surface area contributed by atoms with Crippen LogP contribution in [0.15, 0.2) is 18.6 Å². The van der Waals surface area contributed by atoms with E-state index >= 15 is 0 Å². The summed E-state index contributed by atoms with van der Waals surface area (Å²) in [7, 11) is 0. The van der Waals surface area contributed by atoms with Crippen molar-refractivity contribution in [3.8, 4) is 0 Å². The zero-order chi connectivity index (χ0) is 15.5. The Hall–Kier alpha value is -1.74. The third-order valence-electron chi connectivity index (χ3n) is 4.12. The van der Waals surface area contributed by atoms with Crippen LogP contribution in [-0.2, 0) is 14.2 Å². The minimum atomic E-state index is -0.707. The summed E-state index contributed by atoms with van der Waals surface area (Å²) < 4.78 is 19.6. The van der Waals surface area contributed by atoms with Crippen LogP contribution in [0.1, 0.15) is 20.1 Å². The zero-order valence-corrected chi connectivity index (χ0v) is 12.3. The first-order chi connectivity index (χ1) is 10.5. The van der Waals surface area contributed by atoms with Crippen LogP contribution in [0.25, 0.3) is 11.0 Å². The summed E-state index contributed by atoms with van der Waals surface area (Å²) in [4.78, 5) is 8.27. The van der Waals surface area contributed by atoms with E-state index in [-0.39, 0.29) is 18.8 Å². The molecule has 0 radical (unpaired) electrons. The van der Waals surface area contributed by atoms with E-state index in [2.05, 4.69) is 9.97 Å². The maximum atomic E-state index is 9.54. The average Bonchev–Trinajstić information content (AvgIpc) is 3.10. The molecule has 2 aromatic rings. The van der Waals surface area contributed by atoms with Crippen LogP contribution in [0.3, 0.4) is 0 Å². The second-order valence-corrected chi connectivity index (χ2v) is 6.03. The Morgan fingerprint density at radius 3 is 2.86 bits per heavy atom. The number of nitrogen functional groups attached to an aromatic ring is 1. The lowest BCUT2D eigenvalue weighted by molar-refractivity contribution is -0.199. The van der Waals surface area contributed by atoms with Crippen LogP contribution >= 0.6 is 0 Å². The third-order valence-corrected chi connectivity index (χ3v) is 4.12. The van der Waals surface area contributed by atoms with Gasteiger partial charge in [0.05, 0.1) is 12.0 Å². The fraction of sp³-hybridized carbons (Fsp3) is 0.571. The fourth-order valence-corrected chi connectivity index (χ4v) is 3.23. The van der Waals surface area contributed by atoms with Crippen molar-refractivity contribution in [3.63, 3.8) is 0 Å². The molecular weight excluding hydrogens is 288 g/mol. The molecular formula is C14H18N4O4. The van der Waals surface area contributed by atoms with Crippen molar-refractivity contribution < 1.29 is 19.3 Å².